The summed E-state index contributed by atoms with van der Waals surface area (Å²) in [7, 11) is 1.62. The molecule has 0 saturated heterocycles. The molecule has 104 valence electrons. The molecule has 0 amide bonds. The van der Waals surface area contributed by atoms with E-state index in [1.165, 1.54) is 10.7 Å². The molecule has 0 radical (unpaired) electrons. The Morgan fingerprint density at radius 1 is 1.33 bits per heavy atom. The molecular formula is C15H13N5O. The van der Waals surface area contributed by atoms with Crippen molar-refractivity contribution in [1.29, 1.82) is 5.26 Å². The maximum Gasteiger partial charge on any atom is 0.165 e. The average molecular weight is 279 g/mol. The molecule has 0 unspecified atom stereocenters. The maximum atomic E-state index is 9.02. The summed E-state index contributed by atoms with van der Waals surface area (Å²) in [6, 6.07) is 9.66. The van der Waals surface area contributed by atoms with Gasteiger partial charge in [-0.15, -0.1) is 0 Å². The predicted molar refractivity (Wildman–Crippen MR) is 78.8 cm³/mol. The lowest BCUT2D eigenvalue weighted by atomic mass is 10.1. The summed E-state index contributed by atoms with van der Waals surface area (Å²) in [5.74, 6) is 1.02. The molecular weight excluding hydrogens is 266 g/mol. The highest BCUT2D eigenvalue weighted by Crippen LogP contribution is 2.35. The Kier molecular flexibility index (Phi) is 2.95. The van der Waals surface area contributed by atoms with Crippen molar-refractivity contribution in [2.45, 2.75) is 6.92 Å². The fraction of sp³-hybridized carbons (Fsp3) is 0.133. The Hall–Kier alpha value is -3.07. The standard InChI is InChI=1S/C15H13N5O/c1-9-13(11-5-3-4-6-12(11)21-2)15-18-8-10(7-16)14(17)20(15)19-9/h3-6,8H,17H2,1-2H3. The van der Waals surface area contributed by atoms with Gasteiger partial charge in [-0.3, -0.25) is 0 Å². The Labute approximate surface area is 121 Å². The minimum Gasteiger partial charge on any atom is -0.496 e. The number of fused-ring (bicyclic) bond motifs is 1. The number of para-hydroxylation sites is 1. The normalized spacial score (nSPS) is 10.5. The Balaban J connectivity index is 2.37. The van der Waals surface area contributed by atoms with Crippen molar-refractivity contribution in [1.82, 2.24) is 14.6 Å². The molecule has 3 rings (SSSR count). The molecule has 0 aliphatic carbocycles. The molecule has 0 bridgehead atoms. The topological polar surface area (TPSA) is 89.2 Å². The van der Waals surface area contributed by atoms with Crippen LogP contribution in [-0.2, 0) is 0 Å². The van der Waals surface area contributed by atoms with Gasteiger partial charge in [-0.05, 0) is 13.0 Å². The van der Waals surface area contributed by atoms with Crippen LogP contribution < -0.4 is 10.5 Å². The third-order valence-electron chi connectivity index (χ3n) is 3.35. The summed E-state index contributed by atoms with van der Waals surface area (Å²) >= 11 is 0. The summed E-state index contributed by atoms with van der Waals surface area (Å²) in [6.45, 7) is 1.88. The highest BCUT2D eigenvalue weighted by molar-refractivity contribution is 5.84. The van der Waals surface area contributed by atoms with Gasteiger partial charge < -0.3 is 10.5 Å². The van der Waals surface area contributed by atoms with Gasteiger partial charge in [0, 0.05) is 5.56 Å². The van der Waals surface area contributed by atoms with Crippen molar-refractivity contribution in [2.24, 2.45) is 0 Å². The monoisotopic (exact) mass is 279 g/mol. The fourth-order valence-corrected chi connectivity index (χ4v) is 2.36. The van der Waals surface area contributed by atoms with E-state index in [0.29, 0.717) is 11.2 Å². The van der Waals surface area contributed by atoms with E-state index in [1.54, 1.807) is 7.11 Å². The lowest BCUT2D eigenvalue weighted by Crippen LogP contribution is -2.03. The highest BCUT2D eigenvalue weighted by atomic mass is 16.5. The lowest BCUT2D eigenvalue weighted by molar-refractivity contribution is 0.416. The van der Waals surface area contributed by atoms with Crippen LogP contribution >= 0.6 is 0 Å². The molecule has 0 fully saturated rings. The minimum atomic E-state index is 0.284. The first-order valence-electron chi connectivity index (χ1n) is 6.34. The predicted octanol–water partition coefficient (Wildman–Crippen LogP) is 2.17. The second-order valence-electron chi connectivity index (χ2n) is 4.57. The maximum absolute atomic E-state index is 9.02. The van der Waals surface area contributed by atoms with Gasteiger partial charge in [-0.25, -0.2) is 4.98 Å². The molecule has 21 heavy (non-hydrogen) atoms. The van der Waals surface area contributed by atoms with E-state index in [2.05, 4.69) is 10.1 Å². The molecule has 2 aromatic heterocycles. The third-order valence-corrected chi connectivity index (χ3v) is 3.35. The number of nitrogens with two attached hydrogens (primary N) is 1. The number of rotatable bonds is 2. The molecule has 6 heteroatoms. The number of nitriles is 1. The molecule has 1 aromatic carbocycles. The van der Waals surface area contributed by atoms with Gasteiger partial charge in [0.25, 0.3) is 0 Å². The molecule has 0 saturated carbocycles. The van der Waals surface area contributed by atoms with Crippen LogP contribution in [0.4, 0.5) is 5.82 Å². The van der Waals surface area contributed by atoms with E-state index in [0.717, 1.165) is 22.6 Å². The van der Waals surface area contributed by atoms with Crippen LogP contribution in [-0.4, -0.2) is 21.7 Å². The number of anilines is 1. The van der Waals surface area contributed by atoms with Gasteiger partial charge in [-0.2, -0.15) is 14.9 Å². The first kappa shape index (κ1) is 12.9. The van der Waals surface area contributed by atoms with Crippen LogP contribution in [0.15, 0.2) is 30.5 Å². The van der Waals surface area contributed by atoms with Gasteiger partial charge in [0.1, 0.15) is 23.2 Å². The summed E-state index contributed by atoms with van der Waals surface area (Å²) in [6.07, 6.45) is 1.46. The van der Waals surface area contributed by atoms with Crippen molar-refractivity contribution >= 4 is 11.5 Å². The minimum absolute atomic E-state index is 0.284. The number of benzene rings is 1. The Bertz CT molecular complexity index is 876. The first-order valence-corrected chi connectivity index (χ1v) is 6.34. The van der Waals surface area contributed by atoms with Crippen molar-refractivity contribution < 1.29 is 4.74 Å². The number of aromatic nitrogens is 3. The van der Waals surface area contributed by atoms with E-state index in [-0.39, 0.29) is 5.82 Å². The van der Waals surface area contributed by atoms with Crippen LogP contribution in [0.1, 0.15) is 11.3 Å². The quantitative estimate of drug-likeness (QED) is 0.776. The van der Waals surface area contributed by atoms with E-state index < -0.39 is 0 Å². The van der Waals surface area contributed by atoms with Gasteiger partial charge in [0.2, 0.25) is 0 Å². The summed E-state index contributed by atoms with van der Waals surface area (Å²) in [5.41, 5.74) is 9.39. The zero-order valence-corrected chi connectivity index (χ0v) is 11.7. The van der Waals surface area contributed by atoms with Crippen molar-refractivity contribution in [3.05, 3.63) is 41.7 Å². The number of hydrogen-bond donors (Lipinski definition) is 1. The van der Waals surface area contributed by atoms with E-state index in [9.17, 15) is 0 Å². The molecule has 2 heterocycles. The van der Waals surface area contributed by atoms with Crippen LogP contribution in [0.5, 0.6) is 5.75 Å². The Morgan fingerprint density at radius 3 is 2.81 bits per heavy atom. The SMILES string of the molecule is COc1ccccc1-c1c(C)nn2c(N)c(C#N)cnc12. The van der Waals surface area contributed by atoms with Gasteiger partial charge in [0.15, 0.2) is 5.65 Å². The van der Waals surface area contributed by atoms with E-state index in [4.69, 9.17) is 15.7 Å². The van der Waals surface area contributed by atoms with Crippen LogP contribution in [0.25, 0.3) is 16.8 Å². The van der Waals surface area contributed by atoms with Crippen molar-refractivity contribution in [3.63, 3.8) is 0 Å². The molecule has 6 nitrogen and oxygen atoms in total. The molecule has 0 aliphatic heterocycles. The van der Waals surface area contributed by atoms with E-state index >= 15 is 0 Å². The molecule has 0 spiro atoms. The number of ether oxygens (including phenoxy) is 1. The molecule has 2 N–H and O–H groups in total. The highest BCUT2D eigenvalue weighted by Gasteiger charge is 2.18. The number of aryl methyl sites for hydroxylation is 1. The largest absolute Gasteiger partial charge is 0.496 e. The van der Waals surface area contributed by atoms with Gasteiger partial charge in [-0.1, -0.05) is 18.2 Å². The third kappa shape index (κ3) is 1.87. The smallest absolute Gasteiger partial charge is 0.165 e. The average Bonchev–Trinajstić information content (AvgIpc) is 2.84. The second-order valence-corrected chi connectivity index (χ2v) is 4.57. The molecule has 0 atom stereocenters. The van der Waals surface area contributed by atoms with Gasteiger partial charge >= 0.3 is 0 Å². The van der Waals surface area contributed by atoms with Crippen LogP contribution in [0, 0.1) is 18.3 Å². The van der Waals surface area contributed by atoms with E-state index in [1.807, 2.05) is 37.3 Å². The number of nitrogen functional groups attached to an aromatic ring is 1. The number of nitrogens with zero attached hydrogens (tertiary/aromatic N) is 4. The van der Waals surface area contributed by atoms with Crippen molar-refractivity contribution in [2.75, 3.05) is 12.8 Å². The number of methoxy groups -OCH3 is 1. The van der Waals surface area contributed by atoms with Crippen LogP contribution in [0.3, 0.4) is 0 Å². The molecule has 3 aromatic rings. The first-order chi connectivity index (χ1) is 10.2. The Morgan fingerprint density at radius 2 is 2.10 bits per heavy atom. The zero-order valence-electron chi connectivity index (χ0n) is 11.7. The van der Waals surface area contributed by atoms with Gasteiger partial charge in [0.05, 0.1) is 24.6 Å². The van der Waals surface area contributed by atoms with Crippen LogP contribution in [0.2, 0.25) is 0 Å². The lowest BCUT2D eigenvalue weighted by Gasteiger charge is -2.07. The van der Waals surface area contributed by atoms with Crippen molar-refractivity contribution in [3.8, 4) is 22.9 Å². The zero-order chi connectivity index (χ0) is 15.0. The fourth-order valence-electron chi connectivity index (χ4n) is 2.36. The summed E-state index contributed by atoms with van der Waals surface area (Å²) in [4.78, 5) is 4.33. The summed E-state index contributed by atoms with van der Waals surface area (Å²) < 4.78 is 6.90. The second kappa shape index (κ2) is 4.80. The summed E-state index contributed by atoms with van der Waals surface area (Å²) in [5, 5.41) is 13.4. The molecule has 0 aliphatic rings. The number of hydrogen-bond acceptors (Lipinski definition) is 5.